The molecule has 2 fully saturated rings. The van der Waals surface area contributed by atoms with Crippen LogP contribution < -0.4 is 5.32 Å². The number of aliphatic hydroxyl groups is 8. The smallest absolute Gasteiger partial charge is 0.340 e. The van der Waals surface area contributed by atoms with Gasteiger partial charge in [0, 0.05) is 5.69 Å². The average molecular weight is 461 g/mol. The van der Waals surface area contributed by atoms with Gasteiger partial charge in [-0.1, -0.05) is 0 Å². The number of hydrogen-bond donors (Lipinski definition) is 9. The minimum absolute atomic E-state index is 0.0290. The van der Waals surface area contributed by atoms with E-state index in [4.69, 9.17) is 14.2 Å². The van der Waals surface area contributed by atoms with E-state index in [0.717, 1.165) is 0 Å². The summed E-state index contributed by atoms with van der Waals surface area (Å²) < 4.78 is 15.5. The van der Waals surface area contributed by atoms with Crippen molar-refractivity contribution in [2.45, 2.75) is 61.3 Å². The molecule has 0 radical (unpaired) electrons. The lowest BCUT2D eigenvalue weighted by Crippen LogP contribution is -2.60. The second-order valence-electron chi connectivity index (χ2n) is 7.57. The number of ether oxygens (including phenoxy) is 3. The van der Waals surface area contributed by atoms with Crippen LogP contribution in [0, 0.1) is 0 Å². The zero-order valence-electron chi connectivity index (χ0n) is 16.7. The molecule has 2 heterocycles. The summed E-state index contributed by atoms with van der Waals surface area (Å²) in [6, 6.07) is 5.51. The van der Waals surface area contributed by atoms with Crippen molar-refractivity contribution >= 4 is 11.7 Å². The lowest BCUT2D eigenvalue weighted by molar-refractivity contribution is -0.285. The Morgan fingerprint density at radius 3 is 1.88 bits per heavy atom. The van der Waals surface area contributed by atoms with Gasteiger partial charge in [0.2, 0.25) is 6.29 Å². The van der Waals surface area contributed by atoms with Crippen molar-refractivity contribution in [2.75, 3.05) is 18.5 Å². The van der Waals surface area contributed by atoms with E-state index in [0.29, 0.717) is 5.69 Å². The standard InChI is InChI=1S/C19H27NO12/c21-5-9-11(23)13(25)15(27)17(30-9)20-8-3-1-7(2-4-8)18(29)32-19-16(28)14(26)12(24)10(6-22)31-19/h1-4,9-17,19-28H,5-6H2. The number of carbonyl (C=O) groups is 1. The molecule has 13 heteroatoms. The van der Waals surface area contributed by atoms with Gasteiger partial charge in [-0.05, 0) is 24.3 Å². The predicted molar refractivity (Wildman–Crippen MR) is 103 cm³/mol. The molecule has 9 N–H and O–H groups in total. The van der Waals surface area contributed by atoms with Crippen LogP contribution in [0.3, 0.4) is 0 Å². The highest BCUT2D eigenvalue weighted by Crippen LogP contribution is 2.25. The van der Waals surface area contributed by atoms with Crippen molar-refractivity contribution in [1.29, 1.82) is 0 Å². The SMILES string of the molecule is O=C(OC1OC(CO)C(O)C(O)C1O)c1ccc(NC2OC(CO)C(O)C(O)C2O)cc1. The van der Waals surface area contributed by atoms with Gasteiger partial charge in [-0.2, -0.15) is 0 Å². The zero-order valence-corrected chi connectivity index (χ0v) is 16.7. The van der Waals surface area contributed by atoms with Gasteiger partial charge in [0.1, 0.15) is 48.8 Å². The van der Waals surface area contributed by atoms with Crippen LogP contribution in [0.15, 0.2) is 24.3 Å². The molecule has 3 rings (SSSR count). The van der Waals surface area contributed by atoms with Crippen molar-refractivity contribution < 1.29 is 59.9 Å². The van der Waals surface area contributed by atoms with E-state index in [1.165, 1.54) is 24.3 Å². The molecule has 13 nitrogen and oxygen atoms in total. The predicted octanol–water partition coefficient (Wildman–Crippen LogP) is -4.14. The Kier molecular flexibility index (Phi) is 8.00. The monoisotopic (exact) mass is 461 g/mol. The molecule has 2 aliphatic rings. The molecule has 0 saturated carbocycles. The fourth-order valence-electron chi connectivity index (χ4n) is 3.43. The minimum Gasteiger partial charge on any atom is -0.429 e. The topological polar surface area (TPSA) is 219 Å². The number of rotatable bonds is 6. The molecule has 0 aliphatic carbocycles. The highest BCUT2D eigenvalue weighted by atomic mass is 16.7. The number of nitrogens with one attached hydrogen (secondary N) is 1. The van der Waals surface area contributed by atoms with Gasteiger partial charge in [0.25, 0.3) is 0 Å². The molecule has 1 aromatic rings. The summed E-state index contributed by atoms with van der Waals surface area (Å²) in [7, 11) is 0. The molecule has 10 atom stereocenters. The first-order chi connectivity index (χ1) is 15.2. The third kappa shape index (κ3) is 5.02. The highest BCUT2D eigenvalue weighted by Gasteiger charge is 2.45. The number of anilines is 1. The normalized spacial score (nSPS) is 40.0. The number of esters is 1. The van der Waals surface area contributed by atoms with E-state index in [9.17, 15) is 45.6 Å². The molecule has 1 aromatic carbocycles. The van der Waals surface area contributed by atoms with Crippen LogP contribution in [0.2, 0.25) is 0 Å². The molecule has 0 bridgehead atoms. The summed E-state index contributed by atoms with van der Waals surface area (Å²) in [5.41, 5.74) is 0.389. The molecular formula is C19H27NO12. The first-order valence-electron chi connectivity index (χ1n) is 9.86. The summed E-state index contributed by atoms with van der Waals surface area (Å²) in [5, 5.41) is 80.4. The third-order valence-electron chi connectivity index (χ3n) is 5.39. The fraction of sp³-hybridized carbons (Fsp3) is 0.632. The molecule has 2 aliphatic heterocycles. The van der Waals surface area contributed by atoms with Crippen molar-refractivity contribution in [2.24, 2.45) is 0 Å². The van der Waals surface area contributed by atoms with E-state index in [2.05, 4.69) is 5.32 Å². The minimum atomic E-state index is -1.73. The van der Waals surface area contributed by atoms with Crippen LogP contribution in [-0.4, -0.2) is 121 Å². The Bertz CT molecular complexity index is 759. The molecule has 0 spiro atoms. The Hall–Kier alpha value is -1.91. The van der Waals surface area contributed by atoms with Gasteiger partial charge in [0.05, 0.1) is 18.8 Å². The molecule has 10 unspecified atom stereocenters. The molecule has 2 saturated heterocycles. The number of aliphatic hydroxyl groups excluding tert-OH is 8. The van der Waals surface area contributed by atoms with Crippen LogP contribution in [0.4, 0.5) is 5.69 Å². The quantitative estimate of drug-likeness (QED) is 0.184. The fourth-order valence-corrected chi connectivity index (χ4v) is 3.43. The Balaban J connectivity index is 1.62. The Morgan fingerprint density at radius 1 is 0.781 bits per heavy atom. The van der Waals surface area contributed by atoms with Crippen LogP contribution in [0.1, 0.15) is 10.4 Å². The summed E-state index contributed by atoms with van der Waals surface area (Å²) in [6.07, 6.45) is -14.6. The van der Waals surface area contributed by atoms with Crippen molar-refractivity contribution in [3.8, 4) is 0 Å². The van der Waals surface area contributed by atoms with E-state index < -0.39 is 80.5 Å². The summed E-state index contributed by atoms with van der Waals surface area (Å²) in [5.74, 6) is -0.922. The largest absolute Gasteiger partial charge is 0.429 e. The van der Waals surface area contributed by atoms with E-state index >= 15 is 0 Å². The van der Waals surface area contributed by atoms with Crippen LogP contribution in [0.25, 0.3) is 0 Å². The zero-order chi connectivity index (χ0) is 23.6. The summed E-state index contributed by atoms with van der Waals surface area (Å²) in [4.78, 5) is 12.4. The molecular weight excluding hydrogens is 434 g/mol. The maximum absolute atomic E-state index is 12.4. The highest BCUT2D eigenvalue weighted by molar-refractivity contribution is 5.89. The van der Waals surface area contributed by atoms with Gasteiger partial charge in [-0.15, -0.1) is 0 Å². The number of carbonyl (C=O) groups excluding carboxylic acids is 1. The lowest BCUT2D eigenvalue weighted by atomic mass is 9.98. The van der Waals surface area contributed by atoms with Gasteiger partial charge < -0.3 is 60.4 Å². The summed E-state index contributed by atoms with van der Waals surface area (Å²) >= 11 is 0. The summed E-state index contributed by atoms with van der Waals surface area (Å²) in [6.45, 7) is -1.25. The van der Waals surface area contributed by atoms with Gasteiger partial charge >= 0.3 is 5.97 Å². The molecule has 0 aromatic heterocycles. The molecule has 0 amide bonds. The van der Waals surface area contributed by atoms with Gasteiger partial charge in [-0.3, -0.25) is 0 Å². The maximum Gasteiger partial charge on any atom is 0.340 e. The van der Waals surface area contributed by atoms with Crippen LogP contribution in [-0.2, 0) is 14.2 Å². The first-order valence-corrected chi connectivity index (χ1v) is 9.86. The second kappa shape index (κ2) is 10.4. The molecule has 180 valence electrons. The van der Waals surface area contributed by atoms with E-state index in [-0.39, 0.29) is 5.56 Å². The molecule has 32 heavy (non-hydrogen) atoms. The average Bonchev–Trinajstić information content (AvgIpc) is 2.80. The van der Waals surface area contributed by atoms with Crippen molar-refractivity contribution in [3.63, 3.8) is 0 Å². The van der Waals surface area contributed by atoms with Gasteiger partial charge in [-0.25, -0.2) is 4.79 Å². The van der Waals surface area contributed by atoms with Crippen LogP contribution in [0.5, 0.6) is 0 Å². The van der Waals surface area contributed by atoms with E-state index in [1.54, 1.807) is 0 Å². The van der Waals surface area contributed by atoms with Gasteiger partial charge in [0.15, 0.2) is 6.23 Å². The lowest BCUT2D eigenvalue weighted by Gasteiger charge is -2.40. The number of benzene rings is 1. The Morgan fingerprint density at radius 2 is 1.31 bits per heavy atom. The first kappa shape index (κ1) is 24.7. The van der Waals surface area contributed by atoms with Crippen molar-refractivity contribution in [1.82, 2.24) is 0 Å². The maximum atomic E-state index is 12.4. The second-order valence-corrected chi connectivity index (χ2v) is 7.57. The third-order valence-corrected chi connectivity index (χ3v) is 5.39. The van der Waals surface area contributed by atoms with Crippen LogP contribution >= 0.6 is 0 Å². The van der Waals surface area contributed by atoms with Crippen molar-refractivity contribution in [3.05, 3.63) is 29.8 Å². The van der Waals surface area contributed by atoms with E-state index in [1.807, 2.05) is 0 Å². The number of hydrogen-bond acceptors (Lipinski definition) is 13. The Labute approximate surface area is 182 Å².